The van der Waals surface area contributed by atoms with E-state index in [4.69, 9.17) is 15.9 Å². The van der Waals surface area contributed by atoms with Crippen molar-refractivity contribution in [3.63, 3.8) is 0 Å². The Labute approximate surface area is 104 Å². The molecular formula is C12H26N2O3. The normalized spacial score (nSPS) is 12.9. The van der Waals surface area contributed by atoms with E-state index >= 15 is 0 Å². The number of aliphatic hydroxyl groups is 1. The van der Waals surface area contributed by atoms with Crippen LogP contribution in [0.15, 0.2) is 0 Å². The first-order valence-electron chi connectivity index (χ1n) is 6.42. The zero-order valence-electron chi connectivity index (χ0n) is 10.8. The molecule has 0 heterocycles. The largest absolute Gasteiger partial charge is 0.481 e. The third kappa shape index (κ3) is 8.12. The first-order valence-corrected chi connectivity index (χ1v) is 6.42. The van der Waals surface area contributed by atoms with Crippen molar-refractivity contribution in [2.45, 2.75) is 45.1 Å². The molecule has 0 aliphatic carbocycles. The number of carbonyl (C=O) groups is 1. The topological polar surface area (TPSA) is 86.8 Å². The van der Waals surface area contributed by atoms with Crippen LogP contribution in [0.1, 0.15) is 39.0 Å². The van der Waals surface area contributed by atoms with Gasteiger partial charge in [0, 0.05) is 25.7 Å². The van der Waals surface area contributed by atoms with Gasteiger partial charge in [-0.15, -0.1) is 0 Å². The van der Waals surface area contributed by atoms with Gasteiger partial charge in [0.2, 0.25) is 0 Å². The maximum absolute atomic E-state index is 10.6. The van der Waals surface area contributed by atoms with Gasteiger partial charge in [-0.1, -0.05) is 26.2 Å². The van der Waals surface area contributed by atoms with Gasteiger partial charge < -0.3 is 15.9 Å². The van der Waals surface area contributed by atoms with Crippen LogP contribution in [-0.2, 0) is 4.79 Å². The van der Waals surface area contributed by atoms with Gasteiger partial charge in [-0.2, -0.15) is 0 Å². The lowest BCUT2D eigenvalue weighted by molar-refractivity contribution is -0.137. The predicted octanol–water partition coefficient (Wildman–Crippen LogP) is 0.663. The van der Waals surface area contributed by atoms with Crippen molar-refractivity contribution in [3.8, 4) is 0 Å². The third-order valence-corrected chi connectivity index (χ3v) is 2.93. The van der Waals surface area contributed by atoms with E-state index in [0.29, 0.717) is 19.6 Å². The molecular weight excluding hydrogens is 220 g/mol. The van der Waals surface area contributed by atoms with Crippen molar-refractivity contribution in [2.24, 2.45) is 5.73 Å². The summed E-state index contributed by atoms with van der Waals surface area (Å²) >= 11 is 0. The molecule has 4 N–H and O–H groups in total. The van der Waals surface area contributed by atoms with Crippen LogP contribution in [0.2, 0.25) is 0 Å². The maximum Gasteiger partial charge on any atom is 0.304 e. The highest BCUT2D eigenvalue weighted by Gasteiger charge is 2.16. The number of rotatable bonds is 11. The molecule has 5 nitrogen and oxygen atoms in total. The molecule has 0 aromatic carbocycles. The predicted molar refractivity (Wildman–Crippen MR) is 67.9 cm³/mol. The minimum absolute atomic E-state index is 0.0455. The second-order valence-corrected chi connectivity index (χ2v) is 4.29. The van der Waals surface area contributed by atoms with E-state index in [-0.39, 0.29) is 19.1 Å². The van der Waals surface area contributed by atoms with Crippen LogP contribution in [0.5, 0.6) is 0 Å². The molecule has 0 aliphatic heterocycles. The minimum Gasteiger partial charge on any atom is -0.481 e. The number of nitrogens with two attached hydrogens (primary N) is 1. The molecule has 0 aromatic heterocycles. The van der Waals surface area contributed by atoms with Gasteiger partial charge >= 0.3 is 5.97 Å². The molecule has 1 atom stereocenters. The fraction of sp³-hybridized carbons (Fsp3) is 0.917. The molecule has 0 saturated carbocycles. The minimum atomic E-state index is -0.808. The number of hydrogen-bond donors (Lipinski definition) is 3. The van der Waals surface area contributed by atoms with E-state index in [1.807, 2.05) is 4.90 Å². The highest BCUT2D eigenvalue weighted by atomic mass is 16.4. The van der Waals surface area contributed by atoms with Crippen molar-refractivity contribution in [1.82, 2.24) is 4.90 Å². The van der Waals surface area contributed by atoms with E-state index in [1.165, 1.54) is 6.42 Å². The van der Waals surface area contributed by atoms with Gasteiger partial charge in [-0.05, 0) is 6.42 Å². The SMILES string of the molecule is CCCCCC(CN)N(CCO)CCC(=O)O. The van der Waals surface area contributed by atoms with Crippen LogP contribution in [0, 0.1) is 0 Å². The van der Waals surface area contributed by atoms with Crippen LogP contribution in [-0.4, -0.2) is 53.4 Å². The molecule has 0 aromatic rings. The Morgan fingerprint density at radius 1 is 1.35 bits per heavy atom. The van der Waals surface area contributed by atoms with E-state index in [9.17, 15) is 4.79 Å². The zero-order valence-corrected chi connectivity index (χ0v) is 10.8. The molecule has 0 spiro atoms. The summed E-state index contributed by atoms with van der Waals surface area (Å²) in [5.41, 5.74) is 5.72. The molecule has 0 radical (unpaired) electrons. The highest BCUT2D eigenvalue weighted by Crippen LogP contribution is 2.09. The van der Waals surface area contributed by atoms with Crippen molar-refractivity contribution in [2.75, 3.05) is 26.2 Å². The third-order valence-electron chi connectivity index (χ3n) is 2.93. The molecule has 1 unspecified atom stereocenters. The van der Waals surface area contributed by atoms with E-state index in [0.717, 1.165) is 19.3 Å². The molecule has 0 fully saturated rings. The molecule has 0 amide bonds. The number of carboxylic acid groups (broad SMARTS) is 1. The summed E-state index contributed by atoms with van der Waals surface area (Å²) in [7, 11) is 0. The quantitative estimate of drug-likeness (QED) is 0.466. The molecule has 102 valence electrons. The summed E-state index contributed by atoms with van der Waals surface area (Å²) in [6.07, 6.45) is 4.51. The van der Waals surface area contributed by atoms with Crippen LogP contribution in [0.4, 0.5) is 0 Å². The van der Waals surface area contributed by atoms with Gasteiger partial charge in [0.15, 0.2) is 0 Å². The second-order valence-electron chi connectivity index (χ2n) is 4.29. The van der Waals surface area contributed by atoms with E-state index in [2.05, 4.69) is 6.92 Å². The number of carboxylic acids is 1. The Morgan fingerprint density at radius 3 is 2.53 bits per heavy atom. The molecule has 17 heavy (non-hydrogen) atoms. The van der Waals surface area contributed by atoms with Crippen molar-refractivity contribution < 1.29 is 15.0 Å². The summed E-state index contributed by atoms with van der Waals surface area (Å²) in [6.45, 7) is 3.67. The average molecular weight is 246 g/mol. The summed E-state index contributed by atoms with van der Waals surface area (Å²) in [4.78, 5) is 12.5. The van der Waals surface area contributed by atoms with Gasteiger partial charge in [0.05, 0.1) is 13.0 Å². The van der Waals surface area contributed by atoms with E-state index in [1.54, 1.807) is 0 Å². The molecule has 0 saturated heterocycles. The Morgan fingerprint density at radius 2 is 2.06 bits per heavy atom. The van der Waals surface area contributed by atoms with Crippen LogP contribution in [0.25, 0.3) is 0 Å². The molecule has 0 bridgehead atoms. The van der Waals surface area contributed by atoms with Crippen molar-refractivity contribution in [3.05, 3.63) is 0 Å². The molecule has 0 aliphatic rings. The number of aliphatic carboxylic acids is 1. The smallest absolute Gasteiger partial charge is 0.304 e. The molecule has 0 rings (SSSR count). The zero-order chi connectivity index (χ0) is 13.1. The second kappa shape index (κ2) is 10.5. The van der Waals surface area contributed by atoms with E-state index < -0.39 is 5.97 Å². The standard InChI is InChI=1S/C12H26N2O3/c1-2-3-4-5-11(10-13)14(8-9-15)7-6-12(16)17/h11,15H,2-10,13H2,1H3,(H,16,17). The van der Waals surface area contributed by atoms with Crippen molar-refractivity contribution >= 4 is 5.97 Å². The fourth-order valence-corrected chi connectivity index (χ4v) is 1.92. The lowest BCUT2D eigenvalue weighted by Gasteiger charge is -2.30. The number of nitrogens with zero attached hydrogens (tertiary/aromatic N) is 1. The Kier molecular flexibility index (Phi) is 10.1. The summed E-state index contributed by atoms with van der Waals surface area (Å²) in [5.74, 6) is -0.808. The Balaban J connectivity index is 4.14. The lowest BCUT2D eigenvalue weighted by atomic mass is 10.1. The molecule has 5 heteroatoms. The first-order chi connectivity index (χ1) is 8.15. The Bertz CT molecular complexity index is 200. The van der Waals surface area contributed by atoms with Crippen molar-refractivity contribution in [1.29, 1.82) is 0 Å². The fourth-order valence-electron chi connectivity index (χ4n) is 1.92. The van der Waals surface area contributed by atoms with Gasteiger partial charge in [-0.25, -0.2) is 0 Å². The summed E-state index contributed by atoms with van der Waals surface area (Å²) in [6, 6.07) is 0.188. The number of aliphatic hydroxyl groups excluding tert-OH is 1. The average Bonchev–Trinajstić information content (AvgIpc) is 2.30. The summed E-state index contributed by atoms with van der Waals surface area (Å²) in [5, 5.41) is 17.7. The van der Waals surface area contributed by atoms with Gasteiger partial charge in [0.25, 0.3) is 0 Å². The van der Waals surface area contributed by atoms with Crippen LogP contribution in [0.3, 0.4) is 0 Å². The maximum atomic E-state index is 10.6. The Hall–Kier alpha value is -0.650. The highest BCUT2D eigenvalue weighted by molar-refractivity contribution is 5.66. The number of unbranched alkanes of at least 4 members (excludes halogenated alkanes) is 2. The van der Waals surface area contributed by atoms with Crippen LogP contribution >= 0.6 is 0 Å². The van der Waals surface area contributed by atoms with Gasteiger partial charge in [-0.3, -0.25) is 9.69 Å². The summed E-state index contributed by atoms with van der Waals surface area (Å²) < 4.78 is 0. The van der Waals surface area contributed by atoms with Crippen LogP contribution < -0.4 is 5.73 Å². The number of hydrogen-bond acceptors (Lipinski definition) is 4. The van der Waals surface area contributed by atoms with Gasteiger partial charge in [0.1, 0.15) is 0 Å². The monoisotopic (exact) mass is 246 g/mol. The first kappa shape index (κ1) is 16.4. The lowest BCUT2D eigenvalue weighted by Crippen LogP contribution is -2.43.